The number of nitrogens with zero attached hydrogens (tertiary/aromatic N) is 1. The van der Waals surface area contributed by atoms with Gasteiger partial charge in [-0.05, 0) is 42.8 Å². The van der Waals surface area contributed by atoms with Crippen LogP contribution in [0.4, 0.5) is 0 Å². The largest absolute Gasteiger partial charge is 0.497 e. The number of ether oxygens (including phenoxy) is 1. The van der Waals surface area contributed by atoms with E-state index < -0.39 is 0 Å². The number of aryl methyl sites for hydroxylation is 1. The Morgan fingerprint density at radius 3 is 2.64 bits per heavy atom. The van der Waals surface area contributed by atoms with Crippen LogP contribution in [-0.2, 0) is 6.42 Å². The maximum Gasteiger partial charge on any atom is 0.251 e. The van der Waals surface area contributed by atoms with E-state index in [1.54, 1.807) is 18.4 Å². The first-order chi connectivity index (χ1) is 12.2. The van der Waals surface area contributed by atoms with Crippen LogP contribution in [-0.4, -0.2) is 24.5 Å². The summed E-state index contributed by atoms with van der Waals surface area (Å²) in [6.45, 7) is 2.51. The van der Waals surface area contributed by atoms with E-state index in [1.165, 1.54) is 0 Å². The Bertz CT molecular complexity index is 856. The lowest BCUT2D eigenvalue weighted by Gasteiger charge is -2.06. The van der Waals surface area contributed by atoms with Gasteiger partial charge in [0, 0.05) is 29.5 Å². The number of hydrogen-bond acceptors (Lipinski definition) is 4. The molecule has 0 aliphatic carbocycles. The summed E-state index contributed by atoms with van der Waals surface area (Å²) in [4.78, 5) is 16.9. The third-order valence-electron chi connectivity index (χ3n) is 3.95. The summed E-state index contributed by atoms with van der Waals surface area (Å²) in [6.07, 6.45) is 0.721. The Hall–Kier alpha value is -2.66. The van der Waals surface area contributed by atoms with Gasteiger partial charge in [0.25, 0.3) is 5.91 Å². The number of aromatic nitrogens is 1. The molecule has 1 heterocycles. The number of benzene rings is 2. The van der Waals surface area contributed by atoms with Gasteiger partial charge in [-0.25, -0.2) is 4.98 Å². The molecular formula is C20H20N2O2S. The first kappa shape index (κ1) is 17.2. The summed E-state index contributed by atoms with van der Waals surface area (Å²) >= 11 is 1.61. The fraction of sp³-hybridized carbons (Fsp3) is 0.200. The number of hydrogen-bond donors (Lipinski definition) is 1. The maximum absolute atomic E-state index is 12.2. The Morgan fingerprint density at radius 1 is 1.16 bits per heavy atom. The topological polar surface area (TPSA) is 51.2 Å². The molecule has 0 aliphatic rings. The zero-order chi connectivity index (χ0) is 17.6. The van der Waals surface area contributed by atoms with Crippen LogP contribution in [0.2, 0.25) is 0 Å². The van der Waals surface area contributed by atoms with Crippen molar-refractivity contribution in [1.29, 1.82) is 0 Å². The standard InChI is InChI=1S/C20H20N2O2S/c1-14-5-3-4-6-17(14)20(23)21-12-11-19-22-18(13-25-19)15-7-9-16(24-2)10-8-15/h3-10,13H,11-12H2,1-2H3,(H,21,23). The number of amides is 1. The third kappa shape index (κ3) is 4.25. The normalized spacial score (nSPS) is 10.5. The number of rotatable bonds is 6. The first-order valence-corrected chi connectivity index (χ1v) is 8.98. The van der Waals surface area contributed by atoms with Crippen LogP contribution in [0.15, 0.2) is 53.9 Å². The highest BCUT2D eigenvalue weighted by Crippen LogP contribution is 2.24. The Balaban J connectivity index is 1.56. The molecule has 0 bridgehead atoms. The first-order valence-electron chi connectivity index (χ1n) is 8.10. The van der Waals surface area contributed by atoms with Gasteiger partial charge in [-0.1, -0.05) is 18.2 Å². The van der Waals surface area contributed by atoms with Crippen molar-refractivity contribution in [2.24, 2.45) is 0 Å². The van der Waals surface area contributed by atoms with E-state index in [9.17, 15) is 4.79 Å². The van der Waals surface area contributed by atoms with Gasteiger partial charge in [0.1, 0.15) is 5.75 Å². The molecule has 1 amide bonds. The molecule has 0 aliphatic heterocycles. The van der Waals surface area contributed by atoms with E-state index in [0.717, 1.165) is 39.6 Å². The Morgan fingerprint density at radius 2 is 1.92 bits per heavy atom. The monoisotopic (exact) mass is 352 g/mol. The maximum atomic E-state index is 12.2. The fourth-order valence-electron chi connectivity index (χ4n) is 2.53. The molecule has 0 spiro atoms. The van der Waals surface area contributed by atoms with Crippen molar-refractivity contribution in [3.63, 3.8) is 0 Å². The predicted molar refractivity (Wildman–Crippen MR) is 101 cm³/mol. The van der Waals surface area contributed by atoms with Crippen LogP contribution >= 0.6 is 11.3 Å². The highest BCUT2D eigenvalue weighted by molar-refractivity contribution is 7.09. The molecule has 0 fully saturated rings. The van der Waals surface area contributed by atoms with Crippen molar-refractivity contribution in [1.82, 2.24) is 10.3 Å². The van der Waals surface area contributed by atoms with E-state index >= 15 is 0 Å². The Labute approximate surface area is 151 Å². The summed E-state index contributed by atoms with van der Waals surface area (Å²) in [7, 11) is 1.65. The number of methoxy groups -OCH3 is 1. The van der Waals surface area contributed by atoms with Crippen molar-refractivity contribution in [2.45, 2.75) is 13.3 Å². The van der Waals surface area contributed by atoms with Gasteiger partial charge in [0.2, 0.25) is 0 Å². The smallest absolute Gasteiger partial charge is 0.251 e. The van der Waals surface area contributed by atoms with Gasteiger partial charge < -0.3 is 10.1 Å². The van der Waals surface area contributed by atoms with Crippen molar-refractivity contribution in [3.05, 3.63) is 70.0 Å². The second-order valence-electron chi connectivity index (χ2n) is 5.68. The van der Waals surface area contributed by atoms with Crippen LogP contribution in [0.5, 0.6) is 5.75 Å². The average molecular weight is 352 g/mol. The minimum absolute atomic E-state index is 0.0370. The lowest BCUT2D eigenvalue weighted by atomic mass is 10.1. The molecule has 0 radical (unpaired) electrons. The SMILES string of the molecule is COc1ccc(-c2csc(CCNC(=O)c3ccccc3C)n2)cc1. The van der Waals surface area contributed by atoms with Crippen LogP contribution in [0.25, 0.3) is 11.3 Å². The molecule has 2 aromatic carbocycles. The van der Waals surface area contributed by atoms with Gasteiger partial charge in [-0.2, -0.15) is 0 Å². The van der Waals surface area contributed by atoms with Gasteiger partial charge in [-0.3, -0.25) is 4.79 Å². The number of thiazole rings is 1. The minimum Gasteiger partial charge on any atom is -0.497 e. The molecule has 0 unspecified atom stereocenters. The fourth-order valence-corrected chi connectivity index (χ4v) is 3.33. The molecule has 1 aromatic heterocycles. The molecule has 25 heavy (non-hydrogen) atoms. The van der Waals surface area contributed by atoms with Gasteiger partial charge in [0.05, 0.1) is 17.8 Å². The molecular weight excluding hydrogens is 332 g/mol. The molecule has 3 aromatic rings. The number of nitrogens with one attached hydrogen (secondary N) is 1. The number of carbonyl (C=O) groups excluding carboxylic acids is 1. The quantitative estimate of drug-likeness (QED) is 0.727. The van der Waals surface area contributed by atoms with Crippen LogP contribution in [0, 0.1) is 6.92 Å². The minimum atomic E-state index is -0.0370. The zero-order valence-electron chi connectivity index (χ0n) is 14.3. The predicted octanol–water partition coefficient (Wildman–Crippen LogP) is 4.10. The Kier molecular flexibility index (Phi) is 5.46. The second kappa shape index (κ2) is 7.94. The van der Waals surface area contributed by atoms with E-state index in [2.05, 4.69) is 10.3 Å². The average Bonchev–Trinajstić information content (AvgIpc) is 3.11. The van der Waals surface area contributed by atoms with Crippen LogP contribution in [0.1, 0.15) is 20.9 Å². The van der Waals surface area contributed by atoms with Crippen molar-refractivity contribution < 1.29 is 9.53 Å². The zero-order valence-corrected chi connectivity index (χ0v) is 15.1. The van der Waals surface area contributed by atoms with E-state index in [4.69, 9.17) is 4.74 Å². The lowest BCUT2D eigenvalue weighted by molar-refractivity contribution is 0.0953. The van der Waals surface area contributed by atoms with Gasteiger partial charge in [0.15, 0.2) is 0 Å². The third-order valence-corrected chi connectivity index (χ3v) is 4.86. The van der Waals surface area contributed by atoms with Crippen molar-refractivity contribution in [2.75, 3.05) is 13.7 Å². The summed E-state index contributed by atoms with van der Waals surface area (Å²) in [6, 6.07) is 15.4. The van der Waals surface area contributed by atoms with E-state index in [-0.39, 0.29) is 5.91 Å². The van der Waals surface area contributed by atoms with Crippen molar-refractivity contribution >= 4 is 17.2 Å². The molecule has 0 atom stereocenters. The van der Waals surface area contributed by atoms with E-state index in [0.29, 0.717) is 6.54 Å². The van der Waals surface area contributed by atoms with Crippen LogP contribution in [0.3, 0.4) is 0 Å². The van der Waals surface area contributed by atoms with E-state index in [1.807, 2.05) is 60.8 Å². The molecule has 0 saturated carbocycles. The van der Waals surface area contributed by atoms with Crippen LogP contribution < -0.4 is 10.1 Å². The molecule has 0 saturated heterocycles. The lowest BCUT2D eigenvalue weighted by Crippen LogP contribution is -2.26. The van der Waals surface area contributed by atoms with Gasteiger partial charge in [-0.15, -0.1) is 11.3 Å². The molecule has 5 heteroatoms. The second-order valence-corrected chi connectivity index (χ2v) is 6.62. The van der Waals surface area contributed by atoms with Gasteiger partial charge >= 0.3 is 0 Å². The summed E-state index contributed by atoms with van der Waals surface area (Å²) in [5, 5.41) is 6.02. The molecule has 3 rings (SSSR count). The number of carbonyl (C=O) groups is 1. The van der Waals surface area contributed by atoms with Crippen molar-refractivity contribution in [3.8, 4) is 17.0 Å². The molecule has 128 valence electrons. The highest BCUT2D eigenvalue weighted by Gasteiger charge is 2.09. The highest BCUT2D eigenvalue weighted by atomic mass is 32.1. The summed E-state index contributed by atoms with van der Waals surface area (Å²) in [5.74, 6) is 0.795. The molecule has 1 N–H and O–H groups in total. The molecule has 4 nitrogen and oxygen atoms in total. The summed E-state index contributed by atoms with van der Waals surface area (Å²) in [5.41, 5.74) is 3.72. The summed E-state index contributed by atoms with van der Waals surface area (Å²) < 4.78 is 5.17.